The Kier molecular flexibility index (Phi) is 7.76. The molecule has 0 saturated carbocycles. The summed E-state index contributed by atoms with van der Waals surface area (Å²) < 4.78 is 16.1. The first kappa shape index (κ1) is 24.3. The lowest BCUT2D eigenvalue weighted by Crippen LogP contribution is -2.31. The number of hydrogen-bond acceptors (Lipinski definition) is 6. The Balaban J connectivity index is 2.10. The van der Waals surface area contributed by atoms with Gasteiger partial charge in [-0.15, -0.1) is 0 Å². The van der Waals surface area contributed by atoms with Crippen LogP contribution >= 0.6 is 0 Å². The summed E-state index contributed by atoms with van der Waals surface area (Å²) >= 11 is 0. The van der Waals surface area contributed by atoms with Gasteiger partial charge in [-0.2, -0.15) is 0 Å². The van der Waals surface area contributed by atoms with Gasteiger partial charge in [-0.1, -0.05) is 12.1 Å². The molecule has 1 fully saturated rings. The standard InChI is InChI=1S/C26H31NO6/c1-16(2)33-19-9-7-18(8-10-19)23-22(25(29)26(30)27(23)13-6-14-31-4)24(28)21-12-11-20(32-5)15-17(21)3/h7-12,15-16,23,28H,6,13-14H2,1-5H3/b24-22-. The minimum absolute atomic E-state index is 0.0218. The molecule has 1 saturated heterocycles. The number of likely N-dealkylation sites (tertiary alicyclic amines) is 1. The topological polar surface area (TPSA) is 85.3 Å². The van der Waals surface area contributed by atoms with Gasteiger partial charge in [-0.3, -0.25) is 9.59 Å². The Morgan fingerprint density at radius 1 is 1.06 bits per heavy atom. The number of methoxy groups -OCH3 is 2. The molecule has 1 atom stereocenters. The zero-order chi connectivity index (χ0) is 24.1. The number of benzene rings is 2. The highest BCUT2D eigenvalue weighted by atomic mass is 16.5. The molecule has 0 aliphatic carbocycles. The second-order valence-corrected chi connectivity index (χ2v) is 8.26. The summed E-state index contributed by atoms with van der Waals surface area (Å²) in [7, 11) is 3.15. The monoisotopic (exact) mass is 453 g/mol. The van der Waals surface area contributed by atoms with Crippen molar-refractivity contribution >= 4 is 17.4 Å². The molecule has 1 heterocycles. The third-order valence-electron chi connectivity index (χ3n) is 5.54. The maximum atomic E-state index is 13.1. The van der Waals surface area contributed by atoms with Crippen molar-refractivity contribution in [3.8, 4) is 11.5 Å². The number of ketones is 1. The van der Waals surface area contributed by atoms with Crippen LogP contribution in [-0.2, 0) is 14.3 Å². The van der Waals surface area contributed by atoms with Gasteiger partial charge in [-0.25, -0.2) is 0 Å². The van der Waals surface area contributed by atoms with Crippen LogP contribution in [0.4, 0.5) is 0 Å². The van der Waals surface area contributed by atoms with Crippen molar-refractivity contribution in [1.29, 1.82) is 0 Å². The number of rotatable bonds is 9. The summed E-state index contributed by atoms with van der Waals surface area (Å²) in [6.07, 6.45) is 0.587. The van der Waals surface area contributed by atoms with Gasteiger partial charge in [0.15, 0.2) is 0 Å². The average molecular weight is 454 g/mol. The van der Waals surface area contributed by atoms with Gasteiger partial charge in [0, 0.05) is 25.8 Å². The van der Waals surface area contributed by atoms with E-state index in [0.717, 1.165) is 11.1 Å². The van der Waals surface area contributed by atoms with Crippen LogP contribution in [0.2, 0.25) is 0 Å². The Morgan fingerprint density at radius 3 is 2.30 bits per heavy atom. The zero-order valence-corrected chi connectivity index (χ0v) is 19.8. The number of amides is 1. The molecule has 3 rings (SSSR count). The number of Topliss-reactive ketones (excluding diaryl/α,β-unsaturated/α-hetero) is 1. The van der Waals surface area contributed by atoms with E-state index in [2.05, 4.69) is 0 Å². The fraction of sp³-hybridized carbons (Fsp3) is 0.385. The lowest BCUT2D eigenvalue weighted by molar-refractivity contribution is -0.140. The third-order valence-corrected chi connectivity index (χ3v) is 5.54. The molecule has 0 radical (unpaired) electrons. The first-order valence-corrected chi connectivity index (χ1v) is 11.0. The quantitative estimate of drug-likeness (QED) is 0.264. The highest BCUT2D eigenvalue weighted by Gasteiger charge is 2.45. The summed E-state index contributed by atoms with van der Waals surface area (Å²) in [4.78, 5) is 27.6. The summed E-state index contributed by atoms with van der Waals surface area (Å²) in [5, 5.41) is 11.2. The minimum atomic E-state index is -0.712. The number of hydrogen-bond donors (Lipinski definition) is 1. The van der Waals surface area contributed by atoms with Crippen molar-refractivity contribution in [1.82, 2.24) is 4.90 Å². The Hall–Kier alpha value is -3.32. The van der Waals surface area contributed by atoms with E-state index in [1.165, 1.54) is 4.90 Å². The highest BCUT2D eigenvalue weighted by Crippen LogP contribution is 2.40. The molecule has 1 unspecified atom stereocenters. The maximum absolute atomic E-state index is 13.1. The van der Waals surface area contributed by atoms with Crippen LogP contribution in [-0.4, -0.2) is 55.2 Å². The number of aryl methyl sites for hydroxylation is 1. The van der Waals surface area contributed by atoms with E-state index < -0.39 is 17.7 Å². The van der Waals surface area contributed by atoms with Crippen molar-refractivity contribution in [2.75, 3.05) is 27.4 Å². The summed E-state index contributed by atoms with van der Waals surface area (Å²) in [5.74, 6) is -0.202. The third kappa shape index (κ3) is 5.20. The number of carbonyl (C=O) groups is 2. The second kappa shape index (κ2) is 10.5. The molecule has 0 aromatic heterocycles. The van der Waals surface area contributed by atoms with Crippen LogP contribution in [0.15, 0.2) is 48.0 Å². The smallest absolute Gasteiger partial charge is 0.295 e. The molecule has 0 bridgehead atoms. The van der Waals surface area contributed by atoms with E-state index in [0.29, 0.717) is 36.6 Å². The summed E-state index contributed by atoms with van der Waals surface area (Å²) in [5.41, 5.74) is 2.01. The molecule has 1 aliphatic heterocycles. The van der Waals surface area contributed by atoms with Gasteiger partial charge in [0.1, 0.15) is 17.3 Å². The fourth-order valence-corrected chi connectivity index (χ4v) is 4.01. The predicted octanol–water partition coefficient (Wildman–Crippen LogP) is 4.25. The van der Waals surface area contributed by atoms with Crippen molar-refractivity contribution < 1.29 is 28.9 Å². The first-order valence-electron chi connectivity index (χ1n) is 11.0. The molecule has 1 amide bonds. The van der Waals surface area contributed by atoms with Crippen molar-refractivity contribution in [3.05, 3.63) is 64.7 Å². The molecule has 176 valence electrons. The second-order valence-electron chi connectivity index (χ2n) is 8.26. The molecular weight excluding hydrogens is 422 g/mol. The number of nitrogens with zero attached hydrogens (tertiary/aromatic N) is 1. The van der Waals surface area contributed by atoms with Crippen LogP contribution in [0.3, 0.4) is 0 Å². The van der Waals surface area contributed by atoms with Crippen LogP contribution in [0.5, 0.6) is 11.5 Å². The maximum Gasteiger partial charge on any atom is 0.295 e. The number of aliphatic hydroxyl groups is 1. The highest BCUT2D eigenvalue weighted by molar-refractivity contribution is 6.46. The van der Waals surface area contributed by atoms with E-state index in [9.17, 15) is 14.7 Å². The van der Waals surface area contributed by atoms with Gasteiger partial charge in [-0.05, 0) is 68.7 Å². The Labute approximate surface area is 194 Å². The van der Waals surface area contributed by atoms with Crippen LogP contribution < -0.4 is 9.47 Å². The Morgan fingerprint density at radius 2 is 1.73 bits per heavy atom. The van der Waals surface area contributed by atoms with Gasteiger partial charge in [0.2, 0.25) is 0 Å². The van der Waals surface area contributed by atoms with Crippen LogP contribution in [0.1, 0.15) is 43.0 Å². The number of ether oxygens (including phenoxy) is 3. The lowest BCUT2D eigenvalue weighted by atomic mass is 9.93. The molecule has 0 spiro atoms. The van der Waals surface area contributed by atoms with Gasteiger partial charge in [0.25, 0.3) is 11.7 Å². The van der Waals surface area contributed by atoms with Crippen molar-refractivity contribution in [3.63, 3.8) is 0 Å². The fourth-order valence-electron chi connectivity index (χ4n) is 4.01. The molecular formula is C26H31NO6. The van der Waals surface area contributed by atoms with E-state index in [1.807, 2.05) is 45.0 Å². The van der Waals surface area contributed by atoms with Crippen molar-refractivity contribution in [2.24, 2.45) is 0 Å². The zero-order valence-electron chi connectivity index (χ0n) is 19.8. The van der Waals surface area contributed by atoms with Gasteiger partial charge < -0.3 is 24.2 Å². The first-order chi connectivity index (χ1) is 15.8. The summed E-state index contributed by atoms with van der Waals surface area (Å²) in [6.45, 7) is 6.48. The molecule has 7 heteroatoms. The van der Waals surface area contributed by atoms with Crippen LogP contribution in [0, 0.1) is 6.92 Å². The number of carbonyl (C=O) groups excluding carboxylic acids is 2. The molecule has 1 aliphatic rings. The molecule has 1 N–H and O–H groups in total. The number of aliphatic hydroxyl groups excluding tert-OH is 1. The lowest BCUT2D eigenvalue weighted by Gasteiger charge is -2.25. The molecule has 33 heavy (non-hydrogen) atoms. The molecule has 2 aromatic rings. The average Bonchev–Trinajstić information content (AvgIpc) is 3.04. The van der Waals surface area contributed by atoms with E-state index in [-0.39, 0.29) is 17.4 Å². The SMILES string of the molecule is COCCCN1C(=O)C(=O)/C(=C(\O)c2ccc(OC)cc2C)C1c1ccc(OC(C)C)cc1. The van der Waals surface area contributed by atoms with Crippen LogP contribution in [0.25, 0.3) is 5.76 Å². The minimum Gasteiger partial charge on any atom is -0.507 e. The summed E-state index contributed by atoms with van der Waals surface area (Å²) in [6, 6.07) is 11.7. The Bertz CT molecular complexity index is 1040. The normalized spacial score (nSPS) is 17.6. The van der Waals surface area contributed by atoms with E-state index >= 15 is 0 Å². The molecule has 2 aromatic carbocycles. The predicted molar refractivity (Wildman–Crippen MR) is 125 cm³/mol. The van der Waals surface area contributed by atoms with Gasteiger partial charge in [0.05, 0.1) is 24.8 Å². The van der Waals surface area contributed by atoms with Gasteiger partial charge >= 0.3 is 0 Å². The van der Waals surface area contributed by atoms with E-state index in [4.69, 9.17) is 14.2 Å². The molecule has 7 nitrogen and oxygen atoms in total. The van der Waals surface area contributed by atoms with E-state index in [1.54, 1.807) is 32.4 Å². The largest absolute Gasteiger partial charge is 0.507 e. The van der Waals surface area contributed by atoms with Crippen molar-refractivity contribution in [2.45, 2.75) is 39.3 Å².